The van der Waals surface area contributed by atoms with Crippen molar-refractivity contribution in [3.63, 3.8) is 0 Å². The molecule has 0 aliphatic heterocycles. The first kappa shape index (κ1) is 15.6. The zero-order chi connectivity index (χ0) is 15.7. The summed E-state index contributed by atoms with van der Waals surface area (Å²) in [5.41, 5.74) is 0.565. The van der Waals surface area contributed by atoms with Gasteiger partial charge in [0, 0.05) is 11.3 Å². The molecule has 1 aromatic heterocycles. The zero-order valence-corrected chi connectivity index (χ0v) is 11.8. The second-order valence-corrected chi connectivity index (χ2v) is 5.42. The van der Waals surface area contributed by atoms with Crippen molar-refractivity contribution >= 4 is 0 Å². The van der Waals surface area contributed by atoms with Crippen LogP contribution in [0.25, 0.3) is 11.3 Å². The summed E-state index contributed by atoms with van der Waals surface area (Å²) >= 11 is 0. The fourth-order valence-corrected chi connectivity index (χ4v) is 1.88. The van der Waals surface area contributed by atoms with Crippen LogP contribution in [0.1, 0.15) is 24.6 Å². The lowest BCUT2D eigenvalue weighted by Gasteiger charge is -2.25. The Morgan fingerprint density at radius 1 is 1.19 bits per heavy atom. The van der Waals surface area contributed by atoms with E-state index in [1.165, 1.54) is 0 Å². The van der Waals surface area contributed by atoms with Crippen molar-refractivity contribution in [3.05, 3.63) is 41.6 Å². The molecule has 0 amide bonds. The summed E-state index contributed by atoms with van der Waals surface area (Å²) in [5, 5.41) is 16.2. The van der Waals surface area contributed by atoms with Gasteiger partial charge in [-0.05, 0) is 32.8 Å². The molecule has 0 aliphatic rings. The minimum atomic E-state index is -4.63. The van der Waals surface area contributed by atoms with Crippen LogP contribution in [-0.2, 0) is 6.42 Å². The Balaban J connectivity index is 2.06. The van der Waals surface area contributed by atoms with Gasteiger partial charge in [0.25, 0.3) is 0 Å². The van der Waals surface area contributed by atoms with Crippen molar-refractivity contribution in [2.24, 2.45) is 0 Å². The molecule has 2 N–H and O–H groups in total. The predicted molar refractivity (Wildman–Crippen MR) is 73.8 cm³/mol. The first-order valence-corrected chi connectivity index (χ1v) is 6.59. The summed E-state index contributed by atoms with van der Waals surface area (Å²) in [6.07, 6.45) is -4.97. The minimum absolute atomic E-state index is 0.0748. The second-order valence-electron chi connectivity index (χ2n) is 5.42. The molecule has 0 radical (unpaired) electrons. The van der Waals surface area contributed by atoms with Gasteiger partial charge in [-0.2, -0.15) is 18.3 Å². The fraction of sp³-hybridized carbons (Fsp3) is 0.400. The Hall–Kier alpha value is -1.82. The number of nitrogens with zero attached hydrogens (tertiary/aromatic N) is 1. The Morgan fingerprint density at radius 3 is 2.38 bits per heavy atom. The van der Waals surface area contributed by atoms with E-state index in [0.717, 1.165) is 18.1 Å². The van der Waals surface area contributed by atoms with E-state index in [1.807, 2.05) is 31.2 Å². The third kappa shape index (κ3) is 3.64. The second kappa shape index (κ2) is 5.52. The summed E-state index contributed by atoms with van der Waals surface area (Å²) in [6, 6.07) is 9.40. The maximum absolute atomic E-state index is 12.6. The molecule has 0 aliphatic carbocycles. The molecule has 0 spiro atoms. The molecule has 0 bridgehead atoms. The van der Waals surface area contributed by atoms with Gasteiger partial charge in [0.05, 0.1) is 5.69 Å². The van der Waals surface area contributed by atoms with E-state index in [4.69, 9.17) is 0 Å². The molecule has 0 saturated heterocycles. The van der Waals surface area contributed by atoms with Gasteiger partial charge in [-0.1, -0.05) is 29.8 Å². The van der Waals surface area contributed by atoms with Crippen LogP contribution < -0.4 is 0 Å². The number of rotatable bonds is 4. The lowest BCUT2D eigenvalue weighted by molar-refractivity contribution is -0.254. The van der Waals surface area contributed by atoms with E-state index in [0.29, 0.717) is 11.4 Å². The van der Waals surface area contributed by atoms with Gasteiger partial charge in [-0.25, -0.2) is 0 Å². The standard InChI is InChI=1S/C15H17F3N2O/c1-10-3-5-11(6-4-10)13-9-12(19-20-13)7-8-14(2,21)15(16,17)18/h3-6,9,21H,7-8H2,1-2H3,(H,19,20). The Morgan fingerprint density at radius 2 is 1.81 bits per heavy atom. The largest absolute Gasteiger partial charge is 0.416 e. The SMILES string of the molecule is Cc1ccc(-c2cc(CCC(C)(O)C(F)(F)F)[nH]n2)cc1. The summed E-state index contributed by atoms with van der Waals surface area (Å²) < 4.78 is 37.7. The maximum atomic E-state index is 12.6. The number of benzene rings is 1. The van der Waals surface area contributed by atoms with Crippen LogP contribution in [0, 0.1) is 6.92 Å². The fourth-order valence-electron chi connectivity index (χ4n) is 1.88. The first-order chi connectivity index (χ1) is 9.69. The van der Waals surface area contributed by atoms with E-state index >= 15 is 0 Å². The molecule has 1 aromatic carbocycles. The molecule has 3 nitrogen and oxygen atoms in total. The van der Waals surface area contributed by atoms with E-state index < -0.39 is 18.2 Å². The molecule has 0 fully saturated rings. The number of aromatic amines is 1. The van der Waals surface area contributed by atoms with Gasteiger partial charge in [-0.3, -0.25) is 5.10 Å². The number of hydrogen-bond acceptors (Lipinski definition) is 2. The van der Waals surface area contributed by atoms with Crippen LogP contribution in [0.3, 0.4) is 0 Å². The van der Waals surface area contributed by atoms with E-state index in [2.05, 4.69) is 10.2 Å². The van der Waals surface area contributed by atoms with Crippen molar-refractivity contribution in [2.75, 3.05) is 0 Å². The number of aromatic nitrogens is 2. The van der Waals surface area contributed by atoms with Crippen molar-refractivity contribution < 1.29 is 18.3 Å². The normalized spacial score (nSPS) is 15.0. The van der Waals surface area contributed by atoms with Crippen LogP contribution in [0.2, 0.25) is 0 Å². The number of aryl methyl sites for hydroxylation is 2. The third-order valence-electron chi connectivity index (χ3n) is 3.47. The lowest BCUT2D eigenvalue weighted by atomic mass is 9.98. The average Bonchev–Trinajstić information content (AvgIpc) is 2.85. The molecule has 21 heavy (non-hydrogen) atoms. The van der Waals surface area contributed by atoms with Crippen LogP contribution >= 0.6 is 0 Å². The Kier molecular flexibility index (Phi) is 4.09. The Bertz CT molecular complexity index is 600. The number of hydrogen-bond donors (Lipinski definition) is 2. The van der Waals surface area contributed by atoms with Crippen molar-refractivity contribution in [1.29, 1.82) is 0 Å². The van der Waals surface area contributed by atoms with Gasteiger partial charge in [0.2, 0.25) is 0 Å². The number of H-pyrrole nitrogens is 1. The van der Waals surface area contributed by atoms with Crippen molar-refractivity contribution in [2.45, 2.75) is 38.5 Å². The van der Waals surface area contributed by atoms with Crippen LogP contribution in [0.5, 0.6) is 0 Å². The molecule has 1 heterocycles. The highest BCUT2D eigenvalue weighted by Gasteiger charge is 2.49. The highest BCUT2D eigenvalue weighted by Crippen LogP contribution is 2.33. The molecule has 2 rings (SSSR count). The van der Waals surface area contributed by atoms with Crippen LogP contribution in [-0.4, -0.2) is 27.1 Å². The van der Waals surface area contributed by atoms with Crippen molar-refractivity contribution in [3.8, 4) is 11.3 Å². The maximum Gasteiger partial charge on any atom is 0.416 e. The number of halogens is 3. The molecule has 2 aromatic rings. The van der Waals surface area contributed by atoms with Gasteiger partial charge in [0.15, 0.2) is 5.60 Å². The molecule has 0 saturated carbocycles. The van der Waals surface area contributed by atoms with E-state index in [-0.39, 0.29) is 6.42 Å². The highest BCUT2D eigenvalue weighted by molar-refractivity contribution is 5.59. The molecular formula is C15H17F3N2O. The van der Waals surface area contributed by atoms with Gasteiger partial charge < -0.3 is 5.11 Å². The molecule has 1 atom stereocenters. The van der Waals surface area contributed by atoms with Gasteiger partial charge in [-0.15, -0.1) is 0 Å². The highest BCUT2D eigenvalue weighted by atomic mass is 19.4. The third-order valence-corrected chi connectivity index (χ3v) is 3.47. The average molecular weight is 298 g/mol. The van der Waals surface area contributed by atoms with Gasteiger partial charge >= 0.3 is 6.18 Å². The molecule has 6 heteroatoms. The lowest BCUT2D eigenvalue weighted by Crippen LogP contribution is -2.42. The monoisotopic (exact) mass is 298 g/mol. The summed E-state index contributed by atoms with van der Waals surface area (Å²) in [6.45, 7) is 2.75. The predicted octanol–water partition coefficient (Wildman–Crippen LogP) is 3.63. The number of aliphatic hydroxyl groups is 1. The first-order valence-electron chi connectivity index (χ1n) is 6.59. The smallest absolute Gasteiger partial charge is 0.381 e. The van der Waals surface area contributed by atoms with E-state index in [1.54, 1.807) is 6.07 Å². The summed E-state index contributed by atoms with van der Waals surface area (Å²) in [5.74, 6) is 0. The molecular weight excluding hydrogens is 281 g/mol. The molecule has 114 valence electrons. The number of nitrogens with one attached hydrogen (secondary N) is 1. The minimum Gasteiger partial charge on any atom is -0.381 e. The van der Waals surface area contributed by atoms with E-state index in [9.17, 15) is 18.3 Å². The summed E-state index contributed by atoms with van der Waals surface area (Å²) in [7, 11) is 0. The zero-order valence-electron chi connectivity index (χ0n) is 11.8. The van der Waals surface area contributed by atoms with Crippen LogP contribution in [0.4, 0.5) is 13.2 Å². The Labute approximate surface area is 120 Å². The summed E-state index contributed by atoms with van der Waals surface area (Å²) in [4.78, 5) is 0. The quantitative estimate of drug-likeness (QED) is 0.905. The van der Waals surface area contributed by atoms with Gasteiger partial charge in [0.1, 0.15) is 0 Å². The van der Waals surface area contributed by atoms with Crippen LogP contribution in [0.15, 0.2) is 30.3 Å². The number of alkyl halides is 3. The van der Waals surface area contributed by atoms with Crippen molar-refractivity contribution in [1.82, 2.24) is 10.2 Å². The topological polar surface area (TPSA) is 48.9 Å². The molecule has 1 unspecified atom stereocenters.